The zero-order valence-corrected chi connectivity index (χ0v) is 15.3. The molecule has 134 valence electrons. The number of esters is 1. The molecular weight excluding hydrogens is 320 g/mol. The maximum Gasteiger partial charge on any atom is 0.334 e. The van der Waals surface area contributed by atoms with Gasteiger partial charge in [0.05, 0.1) is 17.8 Å². The molecule has 2 heterocycles. The molecule has 0 N–H and O–H groups in total. The first-order valence-electron chi connectivity index (χ1n) is 8.93. The molecule has 1 aromatic heterocycles. The van der Waals surface area contributed by atoms with E-state index in [0.717, 1.165) is 18.4 Å². The lowest BCUT2D eigenvalue weighted by Crippen LogP contribution is -2.57. The van der Waals surface area contributed by atoms with Gasteiger partial charge < -0.3 is 13.9 Å². The van der Waals surface area contributed by atoms with E-state index in [-0.39, 0.29) is 23.8 Å². The second-order valence-corrected chi connectivity index (χ2v) is 7.85. The van der Waals surface area contributed by atoms with Gasteiger partial charge in [0.25, 0.3) is 0 Å². The number of rotatable bonds is 2. The summed E-state index contributed by atoms with van der Waals surface area (Å²) in [5.74, 6) is 0.0216. The lowest BCUT2D eigenvalue weighted by molar-refractivity contribution is -0.161. The van der Waals surface area contributed by atoms with Gasteiger partial charge in [0.1, 0.15) is 6.10 Å². The lowest BCUT2D eigenvalue weighted by atomic mass is 9.53. The van der Waals surface area contributed by atoms with Gasteiger partial charge in [-0.15, -0.1) is 0 Å². The van der Waals surface area contributed by atoms with Crippen molar-refractivity contribution in [1.29, 1.82) is 0 Å². The first-order chi connectivity index (χ1) is 11.8. The van der Waals surface area contributed by atoms with Gasteiger partial charge in [0.2, 0.25) is 5.78 Å². The molecule has 0 amide bonds. The van der Waals surface area contributed by atoms with E-state index >= 15 is 0 Å². The second kappa shape index (κ2) is 5.07. The predicted octanol–water partition coefficient (Wildman–Crippen LogP) is 3.91. The van der Waals surface area contributed by atoms with Gasteiger partial charge in [0.15, 0.2) is 11.4 Å². The van der Waals surface area contributed by atoms with Crippen molar-refractivity contribution in [2.24, 2.45) is 11.3 Å². The Kier molecular flexibility index (Phi) is 3.36. The van der Waals surface area contributed by atoms with Crippen LogP contribution in [0.4, 0.5) is 0 Å². The summed E-state index contributed by atoms with van der Waals surface area (Å²) in [6.07, 6.45) is 4.44. The number of carbonyl (C=O) groups excluding carboxylic acids is 2. The summed E-state index contributed by atoms with van der Waals surface area (Å²) < 4.78 is 17.6. The molecule has 0 bridgehead atoms. The molecule has 5 nitrogen and oxygen atoms in total. The largest absolute Gasteiger partial charge is 0.460 e. The Bertz CT molecular complexity index is 803. The number of allylic oxidation sites excluding steroid dienone is 1. The molecule has 3 aliphatic rings. The Morgan fingerprint density at radius 2 is 2.12 bits per heavy atom. The average molecular weight is 344 g/mol. The molecule has 1 aromatic rings. The molecule has 2 fully saturated rings. The van der Waals surface area contributed by atoms with Crippen LogP contribution in [-0.2, 0) is 14.3 Å². The smallest absolute Gasteiger partial charge is 0.334 e. The number of epoxide rings is 1. The highest BCUT2D eigenvalue weighted by atomic mass is 16.6. The fourth-order valence-corrected chi connectivity index (χ4v) is 4.81. The van der Waals surface area contributed by atoms with Crippen LogP contribution in [0.2, 0.25) is 0 Å². The maximum atomic E-state index is 13.2. The van der Waals surface area contributed by atoms with Crippen LogP contribution in [0.1, 0.15) is 68.3 Å². The Morgan fingerprint density at radius 3 is 2.80 bits per heavy atom. The van der Waals surface area contributed by atoms with Gasteiger partial charge in [-0.2, -0.15) is 0 Å². The van der Waals surface area contributed by atoms with Gasteiger partial charge in [-0.05, 0) is 45.1 Å². The summed E-state index contributed by atoms with van der Waals surface area (Å²) in [6, 6.07) is 0. The molecule has 1 saturated carbocycles. The third kappa shape index (κ3) is 1.82. The Labute approximate surface area is 147 Å². The number of Topliss-reactive ketones (excluding diaryl/α,β-unsaturated/α-hetero) is 1. The quantitative estimate of drug-likeness (QED) is 0.462. The normalized spacial score (nSPS) is 39.3. The second-order valence-electron chi connectivity index (χ2n) is 7.85. The summed E-state index contributed by atoms with van der Waals surface area (Å²) in [4.78, 5) is 25.8. The van der Waals surface area contributed by atoms with Crippen molar-refractivity contribution in [1.82, 2.24) is 0 Å². The molecule has 4 rings (SSSR count). The molecule has 3 unspecified atom stereocenters. The van der Waals surface area contributed by atoms with Gasteiger partial charge in [0, 0.05) is 11.1 Å². The third-order valence-electron chi connectivity index (χ3n) is 6.76. The molecule has 1 aliphatic heterocycles. The number of hydrogen-bond acceptors (Lipinski definition) is 5. The van der Waals surface area contributed by atoms with Gasteiger partial charge >= 0.3 is 5.97 Å². The monoisotopic (exact) mass is 344 g/mol. The molecule has 5 heteroatoms. The highest BCUT2D eigenvalue weighted by molar-refractivity contribution is 6.06. The van der Waals surface area contributed by atoms with Gasteiger partial charge in [-0.3, -0.25) is 4.79 Å². The molecule has 1 saturated heterocycles. The van der Waals surface area contributed by atoms with Crippen LogP contribution in [0.5, 0.6) is 0 Å². The molecule has 25 heavy (non-hydrogen) atoms. The molecule has 2 aliphatic carbocycles. The zero-order chi connectivity index (χ0) is 18.1. The van der Waals surface area contributed by atoms with E-state index in [1.807, 2.05) is 20.8 Å². The van der Waals surface area contributed by atoms with Crippen molar-refractivity contribution >= 4 is 11.8 Å². The molecule has 5 atom stereocenters. The number of ether oxygens (including phenoxy) is 2. The molecule has 0 radical (unpaired) electrons. The summed E-state index contributed by atoms with van der Waals surface area (Å²) >= 11 is 0. The topological polar surface area (TPSA) is 69.0 Å². The van der Waals surface area contributed by atoms with Crippen LogP contribution in [0, 0.1) is 18.3 Å². The standard InChI is InChI=1S/C20H24O5/c1-6-10(2)18(22)24-17-14-11(3)9-23-15(14)16(21)20-13(25-20)8-7-12(4)19(17,20)5/h6,9,12-13,17H,7-8H2,1-5H3/b10-6-/t12?,13?,17?,19-,20-/m0/s1. The minimum absolute atomic E-state index is 0.0929. The highest BCUT2D eigenvalue weighted by Crippen LogP contribution is 2.69. The Hall–Kier alpha value is -1.88. The molecule has 0 aromatic carbocycles. The summed E-state index contributed by atoms with van der Waals surface area (Å²) in [7, 11) is 0. The fraction of sp³-hybridized carbons (Fsp3) is 0.600. The van der Waals surface area contributed by atoms with Crippen molar-refractivity contribution in [3.8, 4) is 0 Å². The molecule has 1 spiro atoms. The van der Waals surface area contributed by atoms with Crippen molar-refractivity contribution in [2.75, 3.05) is 0 Å². The predicted molar refractivity (Wildman–Crippen MR) is 90.1 cm³/mol. The number of hydrogen-bond donors (Lipinski definition) is 0. The fourth-order valence-electron chi connectivity index (χ4n) is 4.81. The maximum absolute atomic E-state index is 13.2. The van der Waals surface area contributed by atoms with E-state index < -0.39 is 17.1 Å². The number of carbonyl (C=O) groups is 2. The van der Waals surface area contributed by atoms with Gasteiger partial charge in [-0.1, -0.05) is 19.9 Å². The Balaban J connectivity index is 1.90. The molecular formula is C20H24O5. The highest BCUT2D eigenvalue weighted by Gasteiger charge is 2.80. The number of furan rings is 1. The van der Waals surface area contributed by atoms with E-state index in [0.29, 0.717) is 16.9 Å². The van der Waals surface area contributed by atoms with E-state index in [9.17, 15) is 9.59 Å². The van der Waals surface area contributed by atoms with Crippen molar-refractivity contribution in [3.63, 3.8) is 0 Å². The van der Waals surface area contributed by atoms with Crippen LogP contribution in [0.25, 0.3) is 0 Å². The summed E-state index contributed by atoms with van der Waals surface area (Å²) in [5, 5.41) is 0. The summed E-state index contributed by atoms with van der Waals surface area (Å²) in [5.41, 5.74) is 0.576. The zero-order valence-electron chi connectivity index (χ0n) is 15.3. The number of ketones is 1. The van der Waals surface area contributed by atoms with Crippen LogP contribution in [-0.4, -0.2) is 23.5 Å². The van der Waals surface area contributed by atoms with E-state index in [1.165, 1.54) is 0 Å². The first kappa shape index (κ1) is 16.6. The first-order valence-corrected chi connectivity index (χ1v) is 8.93. The lowest BCUT2D eigenvalue weighted by Gasteiger charge is -2.49. The minimum Gasteiger partial charge on any atom is -0.460 e. The SMILES string of the molecule is C/C=C(/C)C(=O)OC1c2c(C)coc2C(=O)[C@@]23OC2CCC(C)[C@@]13C. The van der Waals surface area contributed by atoms with Crippen LogP contribution >= 0.6 is 0 Å². The Morgan fingerprint density at radius 1 is 1.40 bits per heavy atom. The van der Waals surface area contributed by atoms with E-state index in [1.54, 1.807) is 19.3 Å². The summed E-state index contributed by atoms with van der Waals surface area (Å²) in [6.45, 7) is 9.59. The average Bonchev–Trinajstić information content (AvgIpc) is 3.23. The van der Waals surface area contributed by atoms with E-state index in [4.69, 9.17) is 13.9 Å². The van der Waals surface area contributed by atoms with Crippen LogP contribution < -0.4 is 0 Å². The van der Waals surface area contributed by atoms with Crippen molar-refractivity contribution < 1.29 is 23.5 Å². The van der Waals surface area contributed by atoms with Crippen molar-refractivity contribution in [2.45, 2.75) is 65.3 Å². The van der Waals surface area contributed by atoms with Gasteiger partial charge in [-0.25, -0.2) is 4.79 Å². The van der Waals surface area contributed by atoms with Crippen molar-refractivity contribution in [3.05, 3.63) is 34.8 Å². The van der Waals surface area contributed by atoms with E-state index in [2.05, 4.69) is 6.92 Å². The van der Waals surface area contributed by atoms with Crippen LogP contribution in [0.15, 0.2) is 22.3 Å². The number of aryl methyl sites for hydroxylation is 1. The van der Waals surface area contributed by atoms with Crippen LogP contribution in [0.3, 0.4) is 0 Å². The third-order valence-corrected chi connectivity index (χ3v) is 6.76. The minimum atomic E-state index is -0.920. The number of fused-ring (bicyclic) bond motifs is 1.